The van der Waals surface area contributed by atoms with Crippen LogP contribution in [-0.2, 0) is 16.6 Å². The van der Waals surface area contributed by atoms with Crippen LogP contribution in [0.1, 0.15) is 33.3 Å². The summed E-state index contributed by atoms with van der Waals surface area (Å²) in [6, 6.07) is 7.28. The minimum Gasteiger partial charge on any atom is -0.399 e. The van der Waals surface area contributed by atoms with E-state index in [1.807, 2.05) is 39.8 Å². The zero-order chi connectivity index (χ0) is 14.6. The molecule has 5 heteroatoms. The Morgan fingerprint density at radius 2 is 1.63 bits per heavy atom. The lowest BCUT2D eigenvalue weighted by Gasteiger charge is -2.27. The molecule has 0 aliphatic rings. The molecule has 0 spiro atoms. The third kappa shape index (κ3) is 4.84. The van der Waals surface area contributed by atoms with Gasteiger partial charge in [0.2, 0.25) is 10.0 Å². The first-order valence-electron chi connectivity index (χ1n) is 6.56. The highest BCUT2D eigenvalue weighted by molar-refractivity contribution is 7.89. The predicted molar refractivity (Wildman–Crippen MR) is 80.2 cm³/mol. The van der Waals surface area contributed by atoms with Gasteiger partial charge in [0, 0.05) is 18.3 Å². The van der Waals surface area contributed by atoms with Crippen LogP contribution in [0.3, 0.4) is 0 Å². The van der Waals surface area contributed by atoms with Crippen LogP contribution < -0.4 is 5.73 Å². The van der Waals surface area contributed by atoms with Crippen LogP contribution in [0, 0.1) is 5.92 Å². The van der Waals surface area contributed by atoms with E-state index < -0.39 is 10.0 Å². The Bertz CT molecular complexity index is 493. The minimum atomic E-state index is -3.23. The van der Waals surface area contributed by atoms with Gasteiger partial charge in [0.25, 0.3) is 0 Å². The van der Waals surface area contributed by atoms with Crippen LogP contribution in [0.4, 0.5) is 5.69 Å². The second kappa shape index (κ2) is 6.39. The highest BCUT2D eigenvalue weighted by Crippen LogP contribution is 2.16. The molecule has 1 aromatic carbocycles. The molecule has 0 aromatic heterocycles. The highest BCUT2D eigenvalue weighted by Gasteiger charge is 2.25. The SMILES string of the molecule is CC(C)CS(=O)(=O)N(Cc1ccc(N)cc1)C(C)C. The summed E-state index contributed by atoms with van der Waals surface area (Å²) < 4.78 is 26.3. The zero-order valence-corrected chi connectivity index (χ0v) is 12.9. The van der Waals surface area contributed by atoms with Crippen LogP contribution in [0.2, 0.25) is 0 Å². The Hall–Kier alpha value is -1.07. The van der Waals surface area contributed by atoms with Crippen molar-refractivity contribution >= 4 is 15.7 Å². The van der Waals surface area contributed by atoms with Gasteiger partial charge in [0.05, 0.1) is 5.75 Å². The van der Waals surface area contributed by atoms with E-state index in [-0.39, 0.29) is 17.7 Å². The molecule has 0 fully saturated rings. The quantitative estimate of drug-likeness (QED) is 0.816. The Morgan fingerprint density at radius 3 is 2.05 bits per heavy atom. The van der Waals surface area contributed by atoms with Crippen molar-refractivity contribution in [3.63, 3.8) is 0 Å². The lowest BCUT2D eigenvalue weighted by Crippen LogP contribution is -2.39. The number of nitrogens with two attached hydrogens (primary N) is 1. The summed E-state index contributed by atoms with van der Waals surface area (Å²) in [5, 5.41) is 0. The molecular weight excluding hydrogens is 260 g/mol. The van der Waals surface area contributed by atoms with E-state index >= 15 is 0 Å². The number of nitrogen functional groups attached to an aromatic ring is 1. The largest absolute Gasteiger partial charge is 0.399 e. The molecule has 19 heavy (non-hydrogen) atoms. The number of sulfonamides is 1. The zero-order valence-electron chi connectivity index (χ0n) is 12.1. The second-order valence-electron chi connectivity index (χ2n) is 5.55. The van der Waals surface area contributed by atoms with Gasteiger partial charge in [-0.15, -0.1) is 0 Å². The van der Waals surface area contributed by atoms with Crippen molar-refractivity contribution < 1.29 is 8.42 Å². The smallest absolute Gasteiger partial charge is 0.214 e. The van der Waals surface area contributed by atoms with Crippen molar-refractivity contribution in [2.24, 2.45) is 5.92 Å². The molecule has 0 heterocycles. The van der Waals surface area contributed by atoms with Gasteiger partial charge in [-0.2, -0.15) is 4.31 Å². The molecule has 0 amide bonds. The van der Waals surface area contributed by atoms with Crippen molar-refractivity contribution in [1.29, 1.82) is 0 Å². The minimum absolute atomic E-state index is 0.0543. The van der Waals surface area contributed by atoms with Gasteiger partial charge in [0.1, 0.15) is 0 Å². The van der Waals surface area contributed by atoms with Gasteiger partial charge in [-0.25, -0.2) is 8.42 Å². The fourth-order valence-electron chi connectivity index (χ4n) is 1.92. The molecule has 108 valence electrons. The first-order valence-corrected chi connectivity index (χ1v) is 8.17. The second-order valence-corrected chi connectivity index (χ2v) is 7.52. The van der Waals surface area contributed by atoms with E-state index in [0.29, 0.717) is 12.2 Å². The Kier molecular flexibility index (Phi) is 5.38. The third-order valence-corrected chi connectivity index (χ3v) is 5.15. The van der Waals surface area contributed by atoms with Crippen LogP contribution in [0.25, 0.3) is 0 Å². The summed E-state index contributed by atoms with van der Waals surface area (Å²) in [5.74, 6) is 0.304. The van der Waals surface area contributed by atoms with Crippen LogP contribution >= 0.6 is 0 Å². The molecule has 4 nitrogen and oxygen atoms in total. The monoisotopic (exact) mass is 284 g/mol. The van der Waals surface area contributed by atoms with Crippen molar-refractivity contribution in [2.75, 3.05) is 11.5 Å². The van der Waals surface area contributed by atoms with E-state index in [0.717, 1.165) is 5.56 Å². The van der Waals surface area contributed by atoms with Crippen LogP contribution in [0.5, 0.6) is 0 Å². The number of hydrogen-bond donors (Lipinski definition) is 1. The maximum absolute atomic E-state index is 12.4. The molecular formula is C14H24N2O2S. The van der Waals surface area contributed by atoms with Gasteiger partial charge in [0.15, 0.2) is 0 Å². The predicted octanol–water partition coefficient (Wildman–Crippen LogP) is 2.47. The Morgan fingerprint density at radius 1 is 1.11 bits per heavy atom. The van der Waals surface area contributed by atoms with Crippen LogP contribution in [0.15, 0.2) is 24.3 Å². The fourth-order valence-corrected chi connectivity index (χ4v) is 3.94. The molecule has 1 rings (SSSR count). The average Bonchev–Trinajstić information content (AvgIpc) is 2.25. The van der Waals surface area contributed by atoms with Gasteiger partial charge in [-0.1, -0.05) is 26.0 Å². The van der Waals surface area contributed by atoms with E-state index in [2.05, 4.69) is 0 Å². The Balaban J connectivity index is 2.93. The molecule has 0 bridgehead atoms. The van der Waals surface area contributed by atoms with E-state index in [9.17, 15) is 8.42 Å². The van der Waals surface area contributed by atoms with Gasteiger partial charge in [-0.05, 0) is 37.5 Å². The molecule has 0 aliphatic heterocycles. The summed E-state index contributed by atoms with van der Waals surface area (Å²) in [7, 11) is -3.23. The topological polar surface area (TPSA) is 63.4 Å². The molecule has 0 unspecified atom stereocenters. The van der Waals surface area contributed by atoms with E-state index in [1.165, 1.54) is 0 Å². The maximum Gasteiger partial charge on any atom is 0.214 e. The maximum atomic E-state index is 12.4. The molecule has 1 aromatic rings. The average molecular weight is 284 g/mol. The molecule has 0 atom stereocenters. The summed E-state index contributed by atoms with van der Waals surface area (Å²) in [4.78, 5) is 0. The fraction of sp³-hybridized carbons (Fsp3) is 0.571. The van der Waals surface area contributed by atoms with Gasteiger partial charge < -0.3 is 5.73 Å². The summed E-state index contributed by atoms with van der Waals surface area (Å²) in [5.41, 5.74) is 7.28. The number of rotatable bonds is 6. The normalized spacial score (nSPS) is 12.6. The van der Waals surface area contributed by atoms with Crippen molar-refractivity contribution in [3.05, 3.63) is 29.8 Å². The summed E-state index contributed by atoms with van der Waals surface area (Å²) in [6.45, 7) is 8.02. The lowest BCUT2D eigenvalue weighted by molar-refractivity contribution is 0.345. The number of anilines is 1. The lowest BCUT2D eigenvalue weighted by atomic mass is 10.2. The molecule has 0 aliphatic carbocycles. The van der Waals surface area contributed by atoms with Crippen molar-refractivity contribution in [2.45, 2.75) is 40.3 Å². The number of hydrogen-bond acceptors (Lipinski definition) is 3. The molecule has 0 saturated carbocycles. The molecule has 0 saturated heterocycles. The van der Waals surface area contributed by atoms with Gasteiger partial charge in [-0.3, -0.25) is 0 Å². The van der Waals surface area contributed by atoms with E-state index in [1.54, 1.807) is 16.4 Å². The highest BCUT2D eigenvalue weighted by atomic mass is 32.2. The standard InChI is InChI=1S/C14H24N2O2S/c1-11(2)10-19(17,18)16(12(3)4)9-13-5-7-14(15)8-6-13/h5-8,11-12H,9-10,15H2,1-4H3. The van der Waals surface area contributed by atoms with Crippen LogP contribution in [-0.4, -0.2) is 24.5 Å². The Labute approximate surface area is 116 Å². The summed E-state index contributed by atoms with van der Waals surface area (Å²) >= 11 is 0. The van der Waals surface area contributed by atoms with Crippen molar-refractivity contribution in [3.8, 4) is 0 Å². The first kappa shape index (κ1) is 16.0. The first-order chi connectivity index (χ1) is 8.72. The van der Waals surface area contributed by atoms with E-state index in [4.69, 9.17) is 5.73 Å². The number of benzene rings is 1. The van der Waals surface area contributed by atoms with Gasteiger partial charge >= 0.3 is 0 Å². The summed E-state index contributed by atoms with van der Waals surface area (Å²) in [6.07, 6.45) is 0. The van der Waals surface area contributed by atoms with Crippen molar-refractivity contribution in [1.82, 2.24) is 4.31 Å². The number of nitrogens with zero attached hydrogens (tertiary/aromatic N) is 1. The molecule has 2 N–H and O–H groups in total. The third-order valence-electron chi connectivity index (χ3n) is 2.80. The molecule has 0 radical (unpaired) electrons.